The lowest BCUT2D eigenvalue weighted by Gasteiger charge is -2.30. The van der Waals surface area contributed by atoms with Crippen LogP contribution in [-0.2, 0) is 5.41 Å². The minimum atomic E-state index is -0.544. The van der Waals surface area contributed by atoms with Crippen LogP contribution in [-0.4, -0.2) is 15.0 Å². The lowest BCUT2D eigenvalue weighted by atomic mass is 9.70. The van der Waals surface area contributed by atoms with E-state index in [0.717, 1.165) is 39.0 Å². The van der Waals surface area contributed by atoms with Crippen LogP contribution in [0.5, 0.6) is 0 Å². The molecule has 2 heterocycles. The van der Waals surface area contributed by atoms with E-state index < -0.39 is 5.41 Å². The van der Waals surface area contributed by atoms with Gasteiger partial charge in [0.25, 0.3) is 0 Å². The van der Waals surface area contributed by atoms with Crippen molar-refractivity contribution in [2.45, 2.75) is 5.41 Å². The minimum Gasteiger partial charge on any atom is -0.456 e. The molecule has 8 aromatic rings. The summed E-state index contributed by atoms with van der Waals surface area (Å²) in [6.45, 7) is 0. The van der Waals surface area contributed by atoms with E-state index in [1.165, 1.54) is 33.4 Å². The summed E-state index contributed by atoms with van der Waals surface area (Å²) in [5, 5.41) is 1.14. The van der Waals surface area contributed by atoms with Crippen LogP contribution < -0.4 is 0 Å². The zero-order chi connectivity index (χ0) is 30.2. The van der Waals surface area contributed by atoms with Crippen LogP contribution in [0.2, 0.25) is 0 Å². The maximum absolute atomic E-state index is 6.67. The Hall–Kier alpha value is -6.13. The van der Waals surface area contributed by atoms with E-state index >= 15 is 0 Å². The van der Waals surface area contributed by atoms with E-state index in [1.54, 1.807) is 0 Å². The van der Waals surface area contributed by atoms with Gasteiger partial charge < -0.3 is 4.42 Å². The fourth-order valence-electron chi connectivity index (χ4n) is 7.67. The molecule has 2 aromatic heterocycles. The summed E-state index contributed by atoms with van der Waals surface area (Å²) in [6, 6.07) is 52.9. The molecule has 0 amide bonds. The summed E-state index contributed by atoms with van der Waals surface area (Å²) in [6.07, 6.45) is 0. The second kappa shape index (κ2) is 9.43. The molecule has 10 rings (SSSR count). The average molecular weight is 588 g/mol. The molecule has 4 nitrogen and oxygen atoms in total. The number of benzene rings is 6. The Labute approximate surface area is 265 Å². The van der Waals surface area contributed by atoms with Crippen LogP contribution >= 0.6 is 0 Å². The number of rotatable bonds is 3. The van der Waals surface area contributed by atoms with Crippen molar-refractivity contribution in [3.8, 4) is 56.6 Å². The number of para-hydroxylation sites is 1. The quantitative estimate of drug-likeness (QED) is 0.206. The second-order valence-corrected chi connectivity index (χ2v) is 11.9. The number of fused-ring (bicyclic) bond motifs is 12. The summed E-state index contributed by atoms with van der Waals surface area (Å²) >= 11 is 0. The van der Waals surface area contributed by atoms with Crippen LogP contribution in [0, 0.1) is 0 Å². The summed E-state index contributed by atoms with van der Waals surface area (Å²) in [4.78, 5) is 15.1. The summed E-state index contributed by atoms with van der Waals surface area (Å²) in [5.41, 5.74) is 11.7. The lowest BCUT2D eigenvalue weighted by molar-refractivity contribution is 0.628. The van der Waals surface area contributed by atoms with Crippen LogP contribution in [0.3, 0.4) is 0 Å². The average Bonchev–Trinajstić information content (AvgIpc) is 3.75. The zero-order valence-electron chi connectivity index (χ0n) is 24.7. The first kappa shape index (κ1) is 25.2. The molecule has 0 aliphatic heterocycles. The molecule has 0 radical (unpaired) electrons. The molecule has 1 atom stereocenters. The van der Waals surface area contributed by atoms with Crippen LogP contribution in [0.4, 0.5) is 0 Å². The van der Waals surface area contributed by atoms with Crippen LogP contribution in [0.25, 0.3) is 67.6 Å². The van der Waals surface area contributed by atoms with Gasteiger partial charge in [0.05, 0.1) is 5.41 Å². The number of furan rings is 1. The Morgan fingerprint density at radius 1 is 0.413 bits per heavy atom. The maximum atomic E-state index is 6.67. The molecule has 0 N–H and O–H groups in total. The number of hydrogen-bond acceptors (Lipinski definition) is 4. The molecule has 1 unspecified atom stereocenters. The van der Waals surface area contributed by atoms with Gasteiger partial charge in [0.15, 0.2) is 17.5 Å². The third-order valence-corrected chi connectivity index (χ3v) is 9.55. The minimum absolute atomic E-state index is 0.544. The number of aromatic nitrogens is 3. The topological polar surface area (TPSA) is 51.8 Å². The SMILES string of the molecule is c1ccc(-c2nc(-c3ccccc3)nc(-c3ccc4c(c3)C3(c5ccccc5-4)c4ccccc4-c4oc5ccccc5c43)n2)cc1. The Morgan fingerprint density at radius 3 is 1.63 bits per heavy atom. The van der Waals surface area contributed by atoms with Crippen molar-refractivity contribution in [2.75, 3.05) is 0 Å². The third kappa shape index (κ3) is 3.36. The first-order valence-corrected chi connectivity index (χ1v) is 15.5. The lowest BCUT2D eigenvalue weighted by Crippen LogP contribution is -2.25. The Morgan fingerprint density at radius 2 is 0.935 bits per heavy atom. The van der Waals surface area contributed by atoms with E-state index in [4.69, 9.17) is 19.4 Å². The predicted molar refractivity (Wildman–Crippen MR) is 182 cm³/mol. The van der Waals surface area contributed by atoms with Crippen molar-refractivity contribution in [1.29, 1.82) is 0 Å². The van der Waals surface area contributed by atoms with E-state index in [0.29, 0.717) is 17.5 Å². The van der Waals surface area contributed by atoms with Gasteiger partial charge in [0.1, 0.15) is 11.3 Å². The van der Waals surface area contributed by atoms with Gasteiger partial charge in [0, 0.05) is 33.2 Å². The van der Waals surface area contributed by atoms with Crippen molar-refractivity contribution in [1.82, 2.24) is 15.0 Å². The smallest absolute Gasteiger partial charge is 0.164 e. The number of nitrogens with zero attached hydrogens (tertiary/aromatic N) is 3. The summed E-state index contributed by atoms with van der Waals surface area (Å²) < 4.78 is 6.67. The molecule has 0 saturated carbocycles. The van der Waals surface area contributed by atoms with Gasteiger partial charge in [-0.2, -0.15) is 0 Å². The summed E-state index contributed by atoms with van der Waals surface area (Å²) in [5.74, 6) is 2.89. The summed E-state index contributed by atoms with van der Waals surface area (Å²) in [7, 11) is 0. The van der Waals surface area contributed by atoms with E-state index in [2.05, 4.69) is 84.9 Å². The molecule has 6 aromatic carbocycles. The largest absolute Gasteiger partial charge is 0.456 e. The first-order chi connectivity index (χ1) is 22.8. The zero-order valence-corrected chi connectivity index (χ0v) is 24.7. The molecule has 2 aliphatic carbocycles. The molecule has 0 saturated heterocycles. The van der Waals surface area contributed by atoms with E-state index in [1.807, 2.05) is 66.7 Å². The molecule has 1 spiro atoms. The monoisotopic (exact) mass is 587 g/mol. The van der Waals surface area contributed by atoms with Crippen LogP contribution in [0.15, 0.2) is 156 Å². The highest BCUT2D eigenvalue weighted by molar-refractivity contribution is 6.02. The molecule has 2 aliphatic rings. The second-order valence-electron chi connectivity index (χ2n) is 11.9. The Balaban J connectivity index is 1.28. The molecule has 46 heavy (non-hydrogen) atoms. The Kier molecular flexibility index (Phi) is 5.17. The highest BCUT2D eigenvalue weighted by Gasteiger charge is 2.54. The number of hydrogen-bond donors (Lipinski definition) is 0. The molecular formula is C42H25N3O. The van der Waals surface area contributed by atoms with Gasteiger partial charge in [-0.25, -0.2) is 15.0 Å². The standard InChI is InChI=1S/C42H25N3O/c1-3-13-26(14-4-1)39-43-40(27-15-5-2-6-16-27)45-41(44-39)28-23-24-30-29-17-7-10-20-33(29)42(35(30)25-28)34-21-11-8-18-31(34)38-37(42)32-19-9-12-22-36(32)46-38/h1-25H. The van der Waals surface area contributed by atoms with Crippen molar-refractivity contribution < 1.29 is 4.42 Å². The van der Waals surface area contributed by atoms with E-state index in [-0.39, 0.29) is 0 Å². The van der Waals surface area contributed by atoms with Gasteiger partial charge in [-0.3, -0.25) is 0 Å². The van der Waals surface area contributed by atoms with Crippen molar-refractivity contribution >= 4 is 11.0 Å². The van der Waals surface area contributed by atoms with Gasteiger partial charge in [0.2, 0.25) is 0 Å². The Bertz CT molecular complexity index is 2420. The molecule has 4 heteroatoms. The fraction of sp³-hybridized carbons (Fsp3) is 0.0238. The maximum Gasteiger partial charge on any atom is 0.164 e. The molecular weight excluding hydrogens is 562 g/mol. The van der Waals surface area contributed by atoms with Gasteiger partial charge >= 0.3 is 0 Å². The van der Waals surface area contributed by atoms with Crippen LogP contribution in [0.1, 0.15) is 22.3 Å². The van der Waals surface area contributed by atoms with Crippen molar-refractivity contribution in [3.63, 3.8) is 0 Å². The van der Waals surface area contributed by atoms with Gasteiger partial charge in [-0.15, -0.1) is 0 Å². The van der Waals surface area contributed by atoms with Crippen molar-refractivity contribution in [3.05, 3.63) is 174 Å². The fourth-order valence-corrected chi connectivity index (χ4v) is 7.67. The highest BCUT2D eigenvalue weighted by atomic mass is 16.3. The predicted octanol–water partition coefficient (Wildman–Crippen LogP) is 9.96. The third-order valence-electron chi connectivity index (χ3n) is 9.55. The first-order valence-electron chi connectivity index (χ1n) is 15.5. The normalized spacial score (nSPS) is 15.5. The van der Waals surface area contributed by atoms with Gasteiger partial charge in [-0.05, 0) is 39.9 Å². The van der Waals surface area contributed by atoms with Gasteiger partial charge in [-0.1, -0.05) is 140 Å². The van der Waals surface area contributed by atoms with E-state index in [9.17, 15) is 0 Å². The molecule has 0 bridgehead atoms. The molecule has 214 valence electrons. The van der Waals surface area contributed by atoms with Crippen molar-refractivity contribution in [2.24, 2.45) is 0 Å². The highest BCUT2D eigenvalue weighted by Crippen LogP contribution is 2.65. The molecule has 0 fully saturated rings.